The van der Waals surface area contributed by atoms with Crippen LogP contribution in [0.1, 0.15) is 23.6 Å². The van der Waals surface area contributed by atoms with Crippen LogP contribution in [0, 0.1) is 13.8 Å². The second kappa shape index (κ2) is 8.02. The zero-order valence-electron chi connectivity index (χ0n) is 17.6. The molecule has 4 aromatic rings. The number of benzene rings is 2. The summed E-state index contributed by atoms with van der Waals surface area (Å²) in [6.07, 6.45) is 1.48. The molecule has 0 unspecified atom stereocenters. The van der Waals surface area contributed by atoms with Crippen LogP contribution >= 0.6 is 0 Å². The van der Waals surface area contributed by atoms with Crippen LogP contribution in [0.25, 0.3) is 22.2 Å². The SMILES string of the molecule is CCn1cc2ccc(COC(=O)Nc3cc(-c4ccc(C)cc4C)nn3C)cc2n1. The van der Waals surface area contributed by atoms with Gasteiger partial charge in [-0.15, -0.1) is 0 Å². The van der Waals surface area contributed by atoms with Crippen molar-refractivity contribution in [1.29, 1.82) is 0 Å². The van der Waals surface area contributed by atoms with E-state index in [-0.39, 0.29) is 6.61 Å². The minimum atomic E-state index is -0.524. The van der Waals surface area contributed by atoms with Gasteiger partial charge in [-0.25, -0.2) is 4.79 Å². The van der Waals surface area contributed by atoms with E-state index in [0.717, 1.165) is 39.8 Å². The van der Waals surface area contributed by atoms with Crippen molar-refractivity contribution in [1.82, 2.24) is 19.6 Å². The fraction of sp³-hybridized carbons (Fsp3) is 0.261. The number of ether oxygens (including phenoxy) is 1. The molecule has 2 aromatic carbocycles. The predicted octanol–water partition coefficient (Wildman–Crippen LogP) is 4.82. The first-order chi connectivity index (χ1) is 14.4. The first-order valence-corrected chi connectivity index (χ1v) is 9.94. The molecule has 1 amide bonds. The number of rotatable bonds is 5. The van der Waals surface area contributed by atoms with E-state index in [1.165, 1.54) is 5.56 Å². The van der Waals surface area contributed by atoms with Crippen LogP contribution in [0.3, 0.4) is 0 Å². The van der Waals surface area contributed by atoms with E-state index in [4.69, 9.17) is 4.74 Å². The minimum absolute atomic E-state index is 0.169. The van der Waals surface area contributed by atoms with E-state index in [1.54, 1.807) is 11.7 Å². The number of amides is 1. The summed E-state index contributed by atoms with van der Waals surface area (Å²) >= 11 is 0. The Morgan fingerprint density at radius 1 is 1.10 bits per heavy atom. The summed E-state index contributed by atoms with van der Waals surface area (Å²) in [6.45, 7) is 7.15. The molecule has 2 heterocycles. The lowest BCUT2D eigenvalue weighted by molar-refractivity contribution is 0.155. The minimum Gasteiger partial charge on any atom is -0.444 e. The van der Waals surface area contributed by atoms with E-state index in [2.05, 4.69) is 41.5 Å². The molecule has 0 saturated carbocycles. The summed E-state index contributed by atoms with van der Waals surface area (Å²) in [7, 11) is 1.79. The van der Waals surface area contributed by atoms with Crippen molar-refractivity contribution in [3.05, 3.63) is 65.4 Å². The van der Waals surface area contributed by atoms with Gasteiger partial charge in [-0.2, -0.15) is 10.2 Å². The van der Waals surface area contributed by atoms with Crippen LogP contribution in [-0.4, -0.2) is 25.7 Å². The van der Waals surface area contributed by atoms with Gasteiger partial charge in [-0.3, -0.25) is 14.7 Å². The summed E-state index contributed by atoms with van der Waals surface area (Å²) in [6, 6.07) is 13.9. The first kappa shape index (κ1) is 19.7. The highest BCUT2D eigenvalue weighted by molar-refractivity contribution is 5.85. The molecule has 0 bridgehead atoms. The topological polar surface area (TPSA) is 74.0 Å². The van der Waals surface area contributed by atoms with Crippen molar-refractivity contribution in [2.75, 3.05) is 5.32 Å². The van der Waals surface area contributed by atoms with Crippen molar-refractivity contribution in [3.63, 3.8) is 0 Å². The molecule has 0 aliphatic rings. The van der Waals surface area contributed by atoms with E-state index in [0.29, 0.717) is 5.82 Å². The Hall–Kier alpha value is -3.61. The highest BCUT2D eigenvalue weighted by atomic mass is 16.5. The lowest BCUT2D eigenvalue weighted by Gasteiger charge is -2.07. The molecular formula is C23H25N5O2. The van der Waals surface area contributed by atoms with Crippen LogP contribution in [0.2, 0.25) is 0 Å². The molecule has 0 spiro atoms. The lowest BCUT2D eigenvalue weighted by atomic mass is 10.0. The largest absolute Gasteiger partial charge is 0.444 e. The second-order valence-electron chi connectivity index (χ2n) is 7.44. The van der Waals surface area contributed by atoms with Gasteiger partial charge in [-0.1, -0.05) is 35.9 Å². The Morgan fingerprint density at radius 3 is 2.70 bits per heavy atom. The van der Waals surface area contributed by atoms with E-state index >= 15 is 0 Å². The smallest absolute Gasteiger partial charge is 0.413 e. The molecule has 30 heavy (non-hydrogen) atoms. The zero-order chi connectivity index (χ0) is 21.3. The maximum atomic E-state index is 12.3. The van der Waals surface area contributed by atoms with E-state index in [9.17, 15) is 4.79 Å². The van der Waals surface area contributed by atoms with Crippen LogP contribution in [-0.2, 0) is 24.9 Å². The van der Waals surface area contributed by atoms with Crippen molar-refractivity contribution >= 4 is 22.8 Å². The van der Waals surface area contributed by atoms with Crippen LogP contribution in [0.4, 0.5) is 10.6 Å². The number of hydrogen-bond donors (Lipinski definition) is 1. The van der Waals surface area contributed by atoms with Crippen molar-refractivity contribution in [3.8, 4) is 11.3 Å². The third kappa shape index (κ3) is 4.05. The van der Waals surface area contributed by atoms with Gasteiger partial charge in [0.15, 0.2) is 0 Å². The van der Waals surface area contributed by atoms with E-state index in [1.807, 2.05) is 48.1 Å². The number of fused-ring (bicyclic) bond motifs is 1. The Labute approximate surface area is 175 Å². The molecule has 154 valence electrons. The maximum absolute atomic E-state index is 12.3. The van der Waals surface area contributed by atoms with Gasteiger partial charge >= 0.3 is 6.09 Å². The Morgan fingerprint density at radius 2 is 1.93 bits per heavy atom. The molecule has 0 saturated heterocycles. The first-order valence-electron chi connectivity index (χ1n) is 9.94. The van der Waals surface area contributed by atoms with Crippen LogP contribution < -0.4 is 5.32 Å². The van der Waals surface area contributed by atoms with Crippen molar-refractivity contribution < 1.29 is 9.53 Å². The molecule has 4 rings (SSSR count). The quantitative estimate of drug-likeness (QED) is 0.518. The summed E-state index contributed by atoms with van der Waals surface area (Å²) in [5, 5.41) is 12.9. The molecule has 7 nitrogen and oxygen atoms in total. The van der Waals surface area contributed by atoms with Crippen LogP contribution in [0.15, 0.2) is 48.7 Å². The number of aromatic nitrogens is 4. The fourth-order valence-electron chi connectivity index (χ4n) is 3.47. The fourth-order valence-corrected chi connectivity index (χ4v) is 3.47. The Balaban J connectivity index is 1.42. The van der Waals surface area contributed by atoms with Crippen molar-refractivity contribution in [2.24, 2.45) is 7.05 Å². The summed E-state index contributed by atoms with van der Waals surface area (Å²) in [5.41, 5.74) is 5.97. The average Bonchev–Trinajstić information content (AvgIpc) is 3.29. The lowest BCUT2D eigenvalue weighted by Crippen LogP contribution is -2.15. The number of nitrogens with one attached hydrogen (secondary N) is 1. The molecule has 2 aromatic heterocycles. The maximum Gasteiger partial charge on any atom is 0.413 e. The zero-order valence-corrected chi connectivity index (χ0v) is 17.6. The average molecular weight is 403 g/mol. The standard InChI is InChI=1S/C23H25N5O2/c1-5-28-13-18-8-7-17(11-20(18)26-28)14-30-23(29)24-22-12-21(25-27(22)4)19-9-6-15(2)10-16(19)3/h6-13H,5,14H2,1-4H3,(H,24,29). The third-order valence-corrected chi connectivity index (χ3v) is 5.08. The number of nitrogens with zero attached hydrogens (tertiary/aromatic N) is 4. The summed E-state index contributed by atoms with van der Waals surface area (Å²) in [4.78, 5) is 12.3. The molecule has 7 heteroatoms. The van der Waals surface area contributed by atoms with E-state index < -0.39 is 6.09 Å². The Kier molecular flexibility index (Phi) is 5.27. The molecule has 0 atom stereocenters. The monoisotopic (exact) mass is 403 g/mol. The highest BCUT2D eigenvalue weighted by Gasteiger charge is 2.13. The molecule has 1 N–H and O–H groups in total. The second-order valence-corrected chi connectivity index (χ2v) is 7.44. The third-order valence-electron chi connectivity index (χ3n) is 5.08. The number of hydrogen-bond acceptors (Lipinski definition) is 4. The summed E-state index contributed by atoms with van der Waals surface area (Å²) < 4.78 is 8.92. The predicted molar refractivity (Wildman–Crippen MR) is 117 cm³/mol. The number of carbonyl (C=O) groups excluding carboxylic acids is 1. The molecule has 0 fully saturated rings. The number of anilines is 1. The summed E-state index contributed by atoms with van der Waals surface area (Å²) in [5.74, 6) is 0.576. The molecular weight excluding hydrogens is 378 g/mol. The molecule has 0 aliphatic carbocycles. The van der Waals surface area contributed by atoms with Gasteiger partial charge < -0.3 is 4.74 Å². The number of carbonyl (C=O) groups is 1. The molecule has 0 aliphatic heterocycles. The van der Waals surface area contributed by atoms with Gasteiger partial charge in [0.2, 0.25) is 0 Å². The van der Waals surface area contributed by atoms with Gasteiger partial charge in [0, 0.05) is 36.8 Å². The van der Waals surface area contributed by atoms with Gasteiger partial charge in [0.25, 0.3) is 0 Å². The van der Waals surface area contributed by atoms with Gasteiger partial charge in [-0.05, 0) is 38.0 Å². The Bertz CT molecular complexity index is 1220. The molecule has 0 radical (unpaired) electrons. The highest BCUT2D eigenvalue weighted by Crippen LogP contribution is 2.25. The van der Waals surface area contributed by atoms with Gasteiger partial charge in [0.1, 0.15) is 12.4 Å². The number of aryl methyl sites for hydroxylation is 4. The van der Waals surface area contributed by atoms with Gasteiger partial charge in [0.05, 0.1) is 11.2 Å². The van der Waals surface area contributed by atoms with Crippen molar-refractivity contribution in [2.45, 2.75) is 33.9 Å². The normalized spacial score (nSPS) is 11.1. The van der Waals surface area contributed by atoms with Crippen LogP contribution in [0.5, 0.6) is 0 Å².